The molecule has 0 bridgehead atoms. The molecule has 34 heavy (non-hydrogen) atoms. The second-order valence-corrected chi connectivity index (χ2v) is 9.71. The molecule has 0 fully saturated rings. The molecular formula is C26H25N5O2S. The summed E-state index contributed by atoms with van der Waals surface area (Å²) >= 11 is 1.45. The van der Waals surface area contributed by atoms with E-state index in [4.69, 9.17) is 4.98 Å². The summed E-state index contributed by atoms with van der Waals surface area (Å²) in [5.74, 6) is 0.846. The summed E-state index contributed by atoms with van der Waals surface area (Å²) in [7, 11) is 0. The molecule has 4 aliphatic heterocycles. The Morgan fingerprint density at radius 3 is 2.65 bits per heavy atom. The number of rotatable bonds is 4. The van der Waals surface area contributed by atoms with Gasteiger partial charge in [-0.15, -0.1) is 5.10 Å². The smallest absolute Gasteiger partial charge is 0.284 e. The first-order valence-electron chi connectivity index (χ1n) is 11.8. The molecule has 1 amide bonds. The van der Waals surface area contributed by atoms with E-state index < -0.39 is 0 Å². The van der Waals surface area contributed by atoms with Gasteiger partial charge in [0.15, 0.2) is 11.0 Å². The predicted molar refractivity (Wildman–Crippen MR) is 133 cm³/mol. The monoisotopic (exact) mass is 471 g/mol. The number of carbonyl (C=O) groups is 1. The molecule has 0 atom stereocenters. The van der Waals surface area contributed by atoms with E-state index in [1.807, 2.05) is 53.4 Å². The summed E-state index contributed by atoms with van der Waals surface area (Å²) in [4.78, 5) is 33.2. The van der Waals surface area contributed by atoms with E-state index in [1.165, 1.54) is 22.0 Å². The third kappa shape index (κ3) is 3.62. The van der Waals surface area contributed by atoms with Crippen molar-refractivity contribution in [2.24, 2.45) is 0 Å². The van der Waals surface area contributed by atoms with Gasteiger partial charge in [-0.25, -0.2) is 4.98 Å². The standard InChI is InChI=1S/C26H25N5O2S/c32-22(29-16-14-18-9-6-7-12-20(18)29)17-34-26-27-24-23(21-13-5-2-8-15-30(21)26)25(33)31(28-24)19-10-3-1-4-11-19/h1,3-4,6-7,9-12H,2,5,8,13-17H2. The molecule has 0 N–H and O–H groups in total. The van der Waals surface area contributed by atoms with E-state index in [-0.39, 0.29) is 11.5 Å². The molecule has 0 unspecified atom stereocenters. The first kappa shape index (κ1) is 21.2. The number of nitrogens with zero attached hydrogens (tertiary/aromatic N) is 5. The van der Waals surface area contributed by atoms with Crippen molar-refractivity contribution in [1.82, 2.24) is 19.3 Å². The SMILES string of the molecule is O=C(CSc1nc2nn(-c3ccccc3)c(=O)c-2c2n1CCCCC2)N1CCc2ccccc21. The summed E-state index contributed by atoms with van der Waals surface area (Å²) < 4.78 is 3.60. The van der Waals surface area contributed by atoms with Crippen LogP contribution in [0.25, 0.3) is 17.1 Å². The van der Waals surface area contributed by atoms with Crippen LogP contribution in [0.15, 0.2) is 64.5 Å². The molecule has 0 saturated heterocycles. The summed E-state index contributed by atoms with van der Waals surface area (Å²) in [6, 6.07) is 17.6. The molecule has 6 rings (SSSR count). The van der Waals surface area contributed by atoms with Crippen molar-refractivity contribution >= 4 is 23.4 Å². The van der Waals surface area contributed by atoms with Crippen LogP contribution >= 0.6 is 11.8 Å². The van der Waals surface area contributed by atoms with Crippen LogP contribution < -0.4 is 10.5 Å². The van der Waals surface area contributed by atoms with Crippen LogP contribution in [-0.2, 0) is 24.2 Å². The highest BCUT2D eigenvalue weighted by Crippen LogP contribution is 2.32. The van der Waals surface area contributed by atoms with Crippen LogP contribution in [-0.4, -0.2) is 37.5 Å². The molecule has 8 heteroatoms. The summed E-state index contributed by atoms with van der Waals surface area (Å²) in [6.07, 6.45) is 4.88. The van der Waals surface area contributed by atoms with Gasteiger partial charge in [0.25, 0.3) is 5.56 Å². The Hall–Kier alpha value is -3.39. The minimum absolute atomic E-state index is 0.0825. The first-order chi connectivity index (χ1) is 16.7. The highest BCUT2D eigenvalue weighted by atomic mass is 32.2. The van der Waals surface area contributed by atoms with Gasteiger partial charge in [-0.05, 0) is 49.4 Å². The number of hydrogen-bond acceptors (Lipinski definition) is 5. The Balaban J connectivity index is 1.36. The van der Waals surface area contributed by atoms with Gasteiger partial charge in [-0.2, -0.15) is 4.68 Å². The summed E-state index contributed by atoms with van der Waals surface area (Å²) in [6.45, 7) is 1.52. The fraction of sp³-hybridized carbons (Fsp3) is 0.308. The number of carbonyl (C=O) groups excluding carboxylic acids is 1. The van der Waals surface area contributed by atoms with Crippen molar-refractivity contribution < 1.29 is 4.79 Å². The maximum Gasteiger partial charge on any atom is 0.284 e. The van der Waals surface area contributed by atoms with E-state index in [0.717, 1.165) is 67.4 Å². The molecule has 7 nitrogen and oxygen atoms in total. The number of para-hydroxylation sites is 2. The molecular weight excluding hydrogens is 446 g/mol. The number of fused-ring (bicyclic) bond motifs is 4. The number of aromatic nitrogens is 4. The Labute approximate surface area is 201 Å². The Morgan fingerprint density at radius 1 is 0.941 bits per heavy atom. The van der Waals surface area contributed by atoms with Gasteiger partial charge in [0.05, 0.1) is 11.4 Å². The van der Waals surface area contributed by atoms with Crippen LogP contribution in [0.4, 0.5) is 5.69 Å². The topological polar surface area (TPSA) is 73.0 Å². The Bertz CT molecular complexity index is 1390. The number of thioether (sulfide) groups is 1. The van der Waals surface area contributed by atoms with Gasteiger partial charge in [0.1, 0.15) is 5.56 Å². The largest absolute Gasteiger partial charge is 0.324 e. The van der Waals surface area contributed by atoms with Gasteiger partial charge in [0.2, 0.25) is 5.91 Å². The zero-order valence-corrected chi connectivity index (χ0v) is 19.6. The third-order valence-corrected chi connectivity index (χ3v) is 7.64. The molecule has 2 aromatic rings. The quantitative estimate of drug-likeness (QED) is 0.333. The fourth-order valence-corrected chi connectivity index (χ4v) is 5.93. The van der Waals surface area contributed by atoms with Crippen LogP contribution in [0, 0.1) is 0 Å². The van der Waals surface area contributed by atoms with Crippen LogP contribution in [0.1, 0.15) is 30.5 Å². The van der Waals surface area contributed by atoms with Crippen molar-refractivity contribution in [2.75, 3.05) is 17.2 Å². The van der Waals surface area contributed by atoms with Gasteiger partial charge >= 0.3 is 0 Å². The lowest BCUT2D eigenvalue weighted by Gasteiger charge is -2.20. The van der Waals surface area contributed by atoms with E-state index in [2.05, 4.69) is 15.7 Å². The maximum atomic E-state index is 13.4. The lowest BCUT2D eigenvalue weighted by molar-refractivity contribution is -0.116. The molecule has 0 aliphatic carbocycles. The van der Waals surface area contributed by atoms with Crippen LogP contribution in [0.3, 0.4) is 0 Å². The predicted octanol–water partition coefficient (Wildman–Crippen LogP) is 3.94. The van der Waals surface area contributed by atoms with E-state index in [0.29, 0.717) is 17.1 Å². The Morgan fingerprint density at radius 2 is 1.76 bits per heavy atom. The molecule has 172 valence electrons. The van der Waals surface area contributed by atoms with Crippen molar-refractivity contribution in [1.29, 1.82) is 0 Å². The second kappa shape index (κ2) is 8.76. The minimum Gasteiger partial charge on any atom is -0.324 e. The van der Waals surface area contributed by atoms with E-state index in [1.54, 1.807) is 0 Å². The van der Waals surface area contributed by atoms with Crippen molar-refractivity contribution in [3.63, 3.8) is 0 Å². The van der Waals surface area contributed by atoms with Gasteiger partial charge < -0.3 is 9.47 Å². The van der Waals surface area contributed by atoms with E-state index in [9.17, 15) is 9.59 Å². The summed E-state index contributed by atoms with van der Waals surface area (Å²) in [5, 5.41) is 5.35. The molecule has 4 heterocycles. The maximum absolute atomic E-state index is 13.4. The first-order valence-corrected chi connectivity index (χ1v) is 12.8. The van der Waals surface area contributed by atoms with Gasteiger partial charge in [0, 0.05) is 24.5 Å². The second-order valence-electron chi connectivity index (χ2n) is 8.77. The third-order valence-electron chi connectivity index (χ3n) is 6.68. The minimum atomic E-state index is -0.124. The zero-order valence-electron chi connectivity index (χ0n) is 18.8. The molecule has 2 aromatic carbocycles. The highest BCUT2D eigenvalue weighted by molar-refractivity contribution is 7.99. The molecule has 0 saturated carbocycles. The average Bonchev–Trinajstić information content (AvgIpc) is 3.35. The van der Waals surface area contributed by atoms with Crippen molar-refractivity contribution in [3.05, 3.63) is 76.2 Å². The number of anilines is 1. The normalized spacial score (nSPS) is 15.2. The number of amides is 1. The van der Waals surface area contributed by atoms with Crippen molar-refractivity contribution in [2.45, 2.75) is 43.8 Å². The zero-order chi connectivity index (χ0) is 23.1. The number of benzene rings is 2. The fourth-order valence-electron chi connectivity index (χ4n) is 5.01. The molecule has 4 aliphatic rings. The average molecular weight is 472 g/mol. The lowest BCUT2D eigenvalue weighted by Crippen LogP contribution is -2.30. The van der Waals surface area contributed by atoms with E-state index >= 15 is 0 Å². The van der Waals surface area contributed by atoms with Gasteiger partial charge in [-0.1, -0.05) is 54.6 Å². The summed E-state index contributed by atoms with van der Waals surface area (Å²) in [5.41, 5.74) is 4.44. The number of hydrogen-bond donors (Lipinski definition) is 0. The van der Waals surface area contributed by atoms with Crippen LogP contribution in [0.2, 0.25) is 0 Å². The van der Waals surface area contributed by atoms with Crippen molar-refractivity contribution in [3.8, 4) is 17.1 Å². The van der Waals surface area contributed by atoms with Crippen LogP contribution in [0.5, 0.6) is 0 Å². The molecule has 0 radical (unpaired) electrons. The highest BCUT2D eigenvalue weighted by Gasteiger charge is 2.29. The molecule has 0 spiro atoms. The Kier molecular flexibility index (Phi) is 5.45. The molecule has 0 aromatic heterocycles. The van der Waals surface area contributed by atoms with Gasteiger partial charge in [-0.3, -0.25) is 9.59 Å². The lowest BCUT2D eigenvalue weighted by atomic mass is 10.1.